The van der Waals surface area contributed by atoms with Crippen LogP contribution in [-0.2, 0) is 20.8 Å². The maximum atomic E-state index is 13.0. The van der Waals surface area contributed by atoms with Gasteiger partial charge in [0.05, 0.1) is 42.7 Å². The van der Waals surface area contributed by atoms with Gasteiger partial charge in [-0.05, 0) is 49.2 Å². The third kappa shape index (κ3) is 5.44. The molecule has 6 rings (SSSR count). The van der Waals surface area contributed by atoms with E-state index in [-0.39, 0.29) is 66.0 Å². The number of aromatic hydroxyl groups is 1. The first kappa shape index (κ1) is 31.4. The Hall–Kier alpha value is -3.01. The molecular weight excluding hydrogens is 611 g/mol. The molecule has 2 aromatic carbocycles. The van der Waals surface area contributed by atoms with Crippen molar-refractivity contribution >= 4 is 58.9 Å². The third-order valence-electron chi connectivity index (χ3n) is 7.92. The summed E-state index contributed by atoms with van der Waals surface area (Å²) in [4.78, 5) is 65.1. The zero-order valence-corrected chi connectivity index (χ0v) is 26.9. The quantitative estimate of drug-likeness (QED) is 0.156. The molecule has 2 aromatic rings. The number of benzene rings is 2. The molecule has 5 atom stereocenters. The molecule has 4 N–H and O–H groups in total. The Morgan fingerprint density at radius 3 is 2.53 bits per heavy atom. The van der Waals surface area contributed by atoms with Gasteiger partial charge in [0.25, 0.3) is 0 Å². The summed E-state index contributed by atoms with van der Waals surface area (Å²) in [6.07, 6.45) is -0.178. The van der Waals surface area contributed by atoms with Crippen molar-refractivity contribution in [1.82, 2.24) is 25.6 Å². The zero-order chi connectivity index (χ0) is 30.1. The van der Waals surface area contributed by atoms with Crippen LogP contribution in [0.5, 0.6) is 5.75 Å². The van der Waals surface area contributed by atoms with Gasteiger partial charge in [-0.2, -0.15) is 0 Å². The second-order valence-electron chi connectivity index (χ2n) is 11.1. The average molecular weight is 637 g/mol. The summed E-state index contributed by atoms with van der Waals surface area (Å²) < 4.78 is -0.775. The fraction of sp³-hybridized carbons (Fsp3) is 0.370. The van der Waals surface area contributed by atoms with E-state index in [1.54, 1.807) is 26.0 Å². The van der Waals surface area contributed by atoms with Gasteiger partial charge in [-0.3, -0.25) is 14.6 Å². The summed E-state index contributed by atoms with van der Waals surface area (Å²) in [5.74, 6) is -2.59. The molecule has 0 radical (unpaired) electrons. The van der Waals surface area contributed by atoms with E-state index in [9.17, 15) is 34.2 Å². The number of rotatable bonds is 6. The van der Waals surface area contributed by atoms with Crippen LogP contribution in [0.25, 0.3) is 0 Å². The molecule has 6 amide bonds. The van der Waals surface area contributed by atoms with Gasteiger partial charge in [-0.25, -0.2) is 19.9 Å². The van der Waals surface area contributed by atoms with Crippen LogP contribution in [0.15, 0.2) is 42.5 Å². The molecule has 13 nitrogen and oxygen atoms in total. The SMILES string of the molecule is CC1(C)S[C@@H]2[C@H](NC(=O)Cc3ccc(O)c(NC(=O)N4CC5C(c6ccc(Cl)cc6)NN5C4=O)c3)C(=O)N2[C@H]1C(=O)[O-].[Na+]. The Kier molecular flexibility index (Phi) is 8.39. The molecule has 4 saturated heterocycles. The van der Waals surface area contributed by atoms with E-state index in [2.05, 4.69) is 16.1 Å². The number of nitrogens with one attached hydrogen (secondary N) is 3. The number of anilines is 1. The van der Waals surface area contributed by atoms with Gasteiger partial charge in [0.2, 0.25) is 11.8 Å². The first-order chi connectivity index (χ1) is 19.9. The number of thioether (sulfide) groups is 1. The predicted molar refractivity (Wildman–Crippen MR) is 149 cm³/mol. The molecule has 0 aromatic heterocycles. The number of phenolic OH excluding ortho intramolecular Hbond substituents is 1. The van der Waals surface area contributed by atoms with Crippen molar-refractivity contribution in [2.45, 2.75) is 54.6 Å². The molecule has 4 fully saturated rings. The molecule has 220 valence electrons. The molecule has 0 aliphatic carbocycles. The number of carboxylic acid groups (broad SMARTS) is 1. The molecule has 43 heavy (non-hydrogen) atoms. The molecule has 0 saturated carbocycles. The van der Waals surface area contributed by atoms with Crippen LogP contribution in [0.3, 0.4) is 0 Å². The van der Waals surface area contributed by atoms with E-state index < -0.39 is 52.1 Å². The molecular formula is C27H26ClN6NaO7S. The minimum absolute atomic E-state index is 0. The second kappa shape index (κ2) is 11.5. The van der Waals surface area contributed by atoms with Gasteiger partial charge in [-0.1, -0.05) is 29.8 Å². The first-order valence-electron chi connectivity index (χ1n) is 13.1. The number of fused-ring (bicyclic) bond motifs is 2. The molecule has 4 aliphatic rings. The maximum Gasteiger partial charge on any atom is 1.00 e. The maximum absolute atomic E-state index is 13.0. The van der Waals surface area contributed by atoms with Crippen molar-refractivity contribution in [2.24, 2.45) is 0 Å². The Balaban J connectivity index is 0.00000368. The number of amides is 6. The van der Waals surface area contributed by atoms with Crippen LogP contribution >= 0.6 is 23.4 Å². The Morgan fingerprint density at radius 2 is 1.86 bits per heavy atom. The number of hydrazine groups is 1. The number of phenols is 1. The van der Waals surface area contributed by atoms with Crippen molar-refractivity contribution < 1.29 is 63.7 Å². The van der Waals surface area contributed by atoms with E-state index in [0.717, 1.165) is 10.5 Å². The predicted octanol–water partition coefficient (Wildman–Crippen LogP) is -2.21. The molecule has 4 heterocycles. The number of carbonyl (C=O) groups is 5. The van der Waals surface area contributed by atoms with E-state index in [1.807, 2.05) is 12.1 Å². The fourth-order valence-electron chi connectivity index (χ4n) is 5.83. The van der Waals surface area contributed by atoms with E-state index in [0.29, 0.717) is 10.6 Å². The summed E-state index contributed by atoms with van der Waals surface area (Å²) in [6.45, 7) is 3.54. The number of carbonyl (C=O) groups excluding carboxylic acids is 5. The van der Waals surface area contributed by atoms with Gasteiger partial charge in [-0.15, -0.1) is 11.8 Å². The summed E-state index contributed by atoms with van der Waals surface area (Å²) in [5.41, 5.74) is 4.39. The van der Waals surface area contributed by atoms with Crippen LogP contribution in [0, 0.1) is 0 Å². The zero-order valence-electron chi connectivity index (χ0n) is 23.4. The summed E-state index contributed by atoms with van der Waals surface area (Å²) >= 11 is 7.25. The number of β-lactam (4-membered cyclic amide) rings is 1. The molecule has 0 bridgehead atoms. The molecule has 0 spiro atoms. The summed E-state index contributed by atoms with van der Waals surface area (Å²) in [7, 11) is 0. The van der Waals surface area contributed by atoms with Gasteiger partial charge in [0, 0.05) is 9.77 Å². The van der Waals surface area contributed by atoms with Gasteiger partial charge in [0.15, 0.2) is 0 Å². The smallest absolute Gasteiger partial charge is 0.548 e. The summed E-state index contributed by atoms with van der Waals surface area (Å²) in [5, 5.41) is 28.6. The van der Waals surface area contributed by atoms with Crippen molar-refractivity contribution in [2.75, 3.05) is 11.9 Å². The normalized spacial score (nSPS) is 26.5. The van der Waals surface area contributed by atoms with E-state index in [4.69, 9.17) is 11.6 Å². The van der Waals surface area contributed by atoms with Crippen molar-refractivity contribution in [3.63, 3.8) is 0 Å². The van der Waals surface area contributed by atoms with Gasteiger partial charge < -0.3 is 30.5 Å². The van der Waals surface area contributed by atoms with Crippen molar-refractivity contribution in [3.8, 4) is 5.75 Å². The number of hydrogen-bond donors (Lipinski definition) is 4. The van der Waals surface area contributed by atoms with Crippen LogP contribution in [-0.4, -0.2) is 84.6 Å². The molecule has 16 heteroatoms. The van der Waals surface area contributed by atoms with Crippen molar-refractivity contribution in [1.29, 1.82) is 0 Å². The topological polar surface area (TPSA) is 174 Å². The number of carboxylic acids is 1. The number of imide groups is 1. The minimum Gasteiger partial charge on any atom is -0.548 e. The number of halogens is 1. The fourth-order valence-corrected chi connectivity index (χ4v) is 7.57. The Labute approximate surface area is 277 Å². The third-order valence-corrected chi connectivity index (χ3v) is 9.75. The summed E-state index contributed by atoms with van der Waals surface area (Å²) in [6, 6.07) is 7.71. The van der Waals surface area contributed by atoms with E-state index in [1.165, 1.54) is 39.9 Å². The largest absolute Gasteiger partial charge is 1.00 e. The number of aliphatic carboxylic acids is 1. The van der Waals surface area contributed by atoms with Crippen molar-refractivity contribution in [3.05, 3.63) is 58.6 Å². The molecule has 2 unspecified atom stereocenters. The minimum atomic E-state index is -1.34. The molecule has 4 aliphatic heterocycles. The van der Waals surface area contributed by atoms with Gasteiger partial charge in [0.1, 0.15) is 17.2 Å². The Morgan fingerprint density at radius 1 is 1.16 bits per heavy atom. The second-order valence-corrected chi connectivity index (χ2v) is 13.3. The number of urea groups is 2. The monoisotopic (exact) mass is 636 g/mol. The number of nitrogens with zero attached hydrogens (tertiary/aromatic N) is 3. The first-order valence-corrected chi connectivity index (χ1v) is 14.4. The van der Waals surface area contributed by atoms with Crippen LogP contribution in [0.4, 0.5) is 15.3 Å². The van der Waals surface area contributed by atoms with E-state index >= 15 is 0 Å². The standard InChI is InChI=1S/C27H27ClN6O7S.Na/c1-27(2)21(24(38)39)33-22(37)20(23(33)42-27)30-18(36)10-12-3-8-17(35)15(9-12)29-25(40)32-11-16-19(31-34(16)26(32)41)13-4-6-14(28)7-5-13;/h3-9,16,19-21,23,31,35H,10-11H2,1-2H3,(H,29,40)(H,30,36)(H,38,39);/q;+1/p-1/t16?,19?,20-,21+,23-;/m1./s1. The average Bonchev–Trinajstić information content (AvgIpc) is 3.32. The van der Waals surface area contributed by atoms with Crippen LogP contribution in [0.1, 0.15) is 31.0 Å². The van der Waals surface area contributed by atoms with Gasteiger partial charge >= 0.3 is 41.6 Å². The number of hydrogen-bond acceptors (Lipinski definition) is 9. The Bertz CT molecular complexity index is 1530. The van der Waals surface area contributed by atoms with Crippen LogP contribution in [0.2, 0.25) is 5.02 Å². The van der Waals surface area contributed by atoms with Crippen LogP contribution < -0.4 is 50.7 Å².